The zero-order valence-electron chi connectivity index (χ0n) is 11.3. The number of halogens is 1. The first kappa shape index (κ1) is 14.9. The normalized spacial score (nSPS) is 11.3. The minimum Gasteiger partial charge on any atom is -0.487 e. The van der Waals surface area contributed by atoms with E-state index in [0.29, 0.717) is 6.61 Å². The second-order valence-corrected chi connectivity index (χ2v) is 7.14. The Morgan fingerprint density at radius 2 is 1.80 bits per heavy atom. The SMILES string of the molecule is Cc1ccc(OCc2ccccc2C)c(S(=O)(=O)Cl)c1. The topological polar surface area (TPSA) is 43.4 Å². The molecule has 0 atom stereocenters. The molecule has 20 heavy (non-hydrogen) atoms. The largest absolute Gasteiger partial charge is 0.487 e. The Morgan fingerprint density at radius 3 is 2.45 bits per heavy atom. The van der Waals surface area contributed by atoms with Crippen LogP contribution in [0.15, 0.2) is 47.4 Å². The molecule has 0 aromatic heterocycles. The molecule has 106 valence electrons. The van der Waals surface area contributed by atoms with Gasteiger partial charge in [-0.15, -0.1) is 0 Å². The van der Waals surface area contributed by atoms with Gasteiger partial charge in [0.05, 0.1) is 0 Å². The minimum absolute atomic E-state index is 0.00718. The van der Waals surface area contributed by atoms with Gasteiger partial charge in [0.1, 0.15) is 17.3 Å². The van der Waals surface area contributed by atoms with Crippen molar-refractivity contribution in [3.63, 3.8) is 0 Å². The maximum atomic E-state index is 11.6. The Balaban J connectivity index is 2.29. The third kappa shape index (κ3) is 3.52. The highest BCUT2D eigenvalue weighted by Gasteiger charge is 2.17. The fourth-order valence-electron chi connectivity index (χ4n) is 1.85. The predicted molar refractivity (Wildman–Crippen MR) is 79.7 cm³/mol. The molecule has 2 rings (SSSR count). The number of rotatable bonds is 4. The van der Waals surface area contributed by atoms with Crippen LogP contribution in [-0.4, -0.2) is 8.42 Å². The van der Waals surface area contributed by atoms with Gasteiger partial charge < -0.3 is 4.74 Å². The van der Waals surface area contributed by atoms with Crippen molar-refractivity contribution in [1.29, 1.82) is 0 Å². The lowest BCUT2D eigenvalue weighted by atomic mass is 10.1. The summed E-state index contributed by atoms with van der Waals surface area (Å²) >= 11 is 0. The molecule has 0 radical (unpaired) electrons. The molecule has 0 heterocycles. The molecular formula is C15H15ClO3S. The van der Waals surface area contributed by atoms with Gasteiger partial charge in [0, 0.05) is 10.7 Å². The highest BCUT2D eigenvalue weighted by atomic mass is 35.7. The van der Waals surface area contributed by atoms with Crippen LogP contribution in [0.1, 0.15) is 16.7 Å². The molecule has 0 saturated heterocycles. The molecule has 2 aromatic carbocycles. The molecule has 0 aliphatic carbocycles. The smallest absolute Gasteiger partial charge is 0.264 e. The van der Waals surface area contributed by atoms with Crippen LogP contribution in [0.2, 0.25) is 0 Å². The van der Waals surface area contributed by atoms with Gasteiger partial charge in [-0.05, 0) is 42.7 Å². The van der Waals surface area contributed by atoms with Gasteiger partial charge >= 0.3 is 0 Å². The van der Waals surface area contributed by atoms with E-state index >= 15 is 0 Å². The summed E-state index contributed by atoms with van der Waals surface area (Å²) in [5.41, 5.74) is 2.91. The molecular weight excluding hydrogens is 296 g/mol. The lowest BCUT2D eigenvalue weighted by Gasteiger charge is -2.11. The van der Waals surface area contributed by atoms with Gasteiger partial charge in [0.25, 0.3) is 9.05 Å². The quantitative estimate of drug-likeness (QED) is 0.807. The summed E-state index contributed by atoms with van der Waals surface area (Å²) in [6.07, 6.45) is 0. The molecule has 2 aromatic rings. The van der Waals surface area contributed by atoms with Gasteiger partial charge in [-0.2, -0.15) is 0 Å². The van der Waals surface area contributed by atoms with Crippen molar-refractivity contribution < 1.29 is 13.2 Å². The summed E-state index contributed by atoms with van der Waals surface area (Å²) in [6, 6.07) is 12.7. The molecule has 0 spiro atoms. The lowest BCUT2D eigenvalue weighted by Crippen LogP contribution is -2.02. The summed E-state index contributed by atoms with van der Waals surface area (Å²) in [5, 5.41) is 0. The highest BCUT2D eigenvalue weighted by molar-refractivity contribution is 8.13. The zero-order chi connectivity index (χ0) is 14.8. The average Bonchev–Trinajstić information content (AvgIpc) is 2.38. The lowest BCUT2D eigenvalue weighted by molar-refractivity contribution is 0.297. The van der Waals surface area contributed by atoms with Crippen LogP contribution in [0.3, 0.4) is 0 Å². The predicted octanol–water partition coefficient (Wildman–Crippen LogP) is 3.81. The summed E-state index contributed by atoms with van der Waals surface area (Å²) in [5.74, 6) is 0.272. The zero-order valence-corrected chi connectivity index (χ0v) is 12.8. The van der Waals surface area contributed by atoms with Gasteiger partial charge in [-0.25, -0.2) is 8.42 Å². The van der Waals surface area contributed by atoms with Crippen LogP contribution in [0.5, 0.6) is 5.75 Å². The van der Waals surface area contributed by atoms with Crippen molar-refractivity contribution in [2.45, 2.75) is 25.3 Å². The van der Waals surface area contributed by atoms with Crippen LogP contribution in [0, 0.1) is 13.8 Å². The van der Waals surface area contributed by atoms with E-state index in [1.54, 1.807) is 19.1 Å². The Bertz CT molecular complexity index is 724. The van der Waals surface area contributed by atoms with E-state index in [0.717, 1.165) is 16.7 Å². The summed E-state index contributed by atoms with van der Waals surface area (Å²) in [4.78, 5) is 0.00718. The molecule has 0 saturated carbocycles. The number of benzene rings is 2. The van der Waals surface area contributed by atoms with Crippen molar-refractivity contribution in [1.82, 2.24) is 0 Å². The first-order valence-corrected chi connectivity index (χ1v) is 8.41. The minimum atomic E-state index is -3.82. The molecule has 5 heteroatoms. The number of ether oxygens (including phenoxy) is 1. The Morgan fingerprint density at radius 1 is 1.10 bits per heavy atom. The van der Waals surface area contributed by atoms with E-state index in [9.17, 15) is 8.42 Å². The van der Waals surface area contributed by atoms with Crippen LogP contribution in [0.25, 0.3) is 0 Å². The summed E-state index contributed by atoms with van der Waals surface area (Å²) in [7, 11) is 1.62. The number of hydrogen-bond donors (Lipinski definition) is 0. The van der Waals surface area contributed by atoms with Crippen LogP contribution >= 0.6 is 10.7 Å². The van der Waals surface area contributed by atoms with Gasteiger partial charge in [0.15, 0.2) is 0 Å². The Kier molecular flexibility index (Phi) is 4.35. The van der Waals surface area contributed by atoms with Gasteiger partial charge in [0.2, 0.25) is 0 Å². The van der Waals surface area contributed by atoms with Crippen LogP contribution < -0.4 is 4.74 Å². The van der Waals surface area contributed by atoms with E-state index in [2.05, 4.69) is 0 Å². The molecule has 0 amide bonds. The third-order valence-corrected chi connectivity index (χ3v) is 4.35. The average molecular weight is 311 g/mol. The fourth-order valence-corrected chi connectivity index (χ4v) is 2.91. The van der Waals surface area contributed by atoms with Crippen molar-refractivity contribution in [3.05, 3.63) is 59.2 Å². The maximum absolute atomic E-state index is 11.6. The molecule has 0 unspecified atom stereocenters. The fraction of sp³-hybridized carbons (Fsp3) is 0.200. The summed E-state index contributed by atoms with van der Waals surface area (Å²) in [6.45, 7) is 4.08. The standard InChI is InChI=1S/C15H15ClO3S/c1-11-7-8-14(15(9-11)20(16,17)18)19-10-13-6-4-3-5-12(13)2/h3-9H,10H2,1-2H3. The molecule has 3 nitrogen and oxygen atoms in total. The highest BCUT2D eigenvalue weighted by Crippen LogP contribution is 2.28. The second-order valence-electron chi connectivity index (χ2n) is 4.60. The molecule has 0 fully saturated rings. The first-order valence-electron chi connectivity index (χ1n) is 6.10. The van der Waals surface area contributed by atoms with E-state index in [1.165, 1.54) is 6.07 Å². The van der Waals surface area contributed by atoms with Crippen molar-refractivity contribution in [3.8, 4) is 5.75 Å². The molecule has 0 aliphatic heterocycles. The van der Waals surface area contributed by atoms with E-state index in [-0.39, 0.29) is 10.6 Å². The second kappa shape index (κ2) is 5.85. The Labute approximate surface area is 123 Å². The first-order chi connectivity index (χ1) is 9.38. The Hall–Kier alpha value is -1.52. The van der Waals surface area contributed by atoms with E-state index in [1.807, 2.05) is 31.2 Å². The van der Waals surface area contributed by atoms with Gasteiger partial charge in [-0.1, -0.05) is 30.3 Å². The van der Waals surface area contributed by atoms with Crippen LogP contribution in [0.4, 0.5) is 0 Å². The molecule has 0 aliphatic rings. The molecule has 0 bridgehead atoms. The van der Waals surface area contributed by atoms with Crippen molar-refractivity contribution in [2.24, 2.45) is 0 Å². The monoisotopic (exact) mass is 310 g/mol. The van der Waals surface area contributed by atoms with Crippen LogP contribution in [-0.2, 0) is 15.7 Å². The van der Waals surface area contributed by atoms with E-state index in [4.69, 9.17) is 15.4 Å². The van der Waals surface area contributed by atoms with E-state index < -0.39 is 9.05 Å². The summed E-state index contributed by atoms with van der Waals surface area (Å²) < 4.78 is 28.8. The van der Waals surface area contributed by atoms with Crippen molar-refractivity contribution >= 4 is 19.7 Å². The molecule has 0 N–H and O–H groups in total. The van der Waals surface area contributed by atoms with Gasteiger partial charge in [-0.3, -0.25) is 0 Å². The third-order valence-electron chi connectivity index (χ3n) is 3.01. The van der Waals surface area contributed by atoms with Crippen molar-refractivity contribution in [2.75, 3.05) is 0 Å². The number of hydrogen-bond acceptors (Lipinski definition) is 3. The number of aryl methyl sites for hydroxylation is 2. The maximum Gasteiger partial charge on any atom is 0.264 e.